The fourth-order valence-corrected chi connectivity index (χ4v) is 2.54. The summed E-state index contributed by atoms with van der Waals surface area (Å²) in [7, 11) is 1.55. The number of fused-ring (bicyclic) bond motifs is 1. The maximum atomic E-state index is 6.33. The van der Waals surface area contributed by atoms with Crippen molar-refractivity contribution >= 4 is 28.7 Å². The van der Waals surface area contributed by atoms with Gasteiger partial charge >= 0.3 is 0 Å². The molecule has 0 saturated heterocycles. The standard InChI is InChI=1S/C16H17ClN4O2/c1-9(8-18)20-16-21-13-14(23-16)10(7-11(17)15(13)22-2)12-5-3-4-6-19-12/h3-7,9H,8,18H2,1-2H3,(H,20,21)/t9-/m0/s1. The van der Waals surface area contributed by atoms with Crippen molar-refractivity contribution in [2.24, 2.45) is 5.73 Å². The summed E-state index contributed by atoms with van der Waals surface area (Å²) in [6.07, 6.45) is 1.71. The van der Waals surface area contributed by atoms with E-state index in [1.807, 2.05) is 25.1 Å². The third-order valence-electron chi connectivity index (χ3n) is 3.44. The first kappa shape index (κ1) is 15.6. The molecule has 3 N–H and O–H groups in total. The van der Waals surface area contributed by atoms with Crippen LogP contribution in [-0.4, -0.2) is 29.7 Å². The van der Waals surface area contributed by atoms with Gasteiger partial charge in [0.15, 0.2) is 16.8 Å². The number of hydrogen-bond donors (Lipinski definition) is 2. The number of halogens is 1. The maximum absolute atomic E-state index is 6.33. The molecular formula is C16H17ClN4O2. The molecule has 23 heavy (non-hydrogen) atoms. The first-order chi connectivity index (χ1) is 11.1. The zero-order valence-corrected chi connectivity index (χ0v) is 13.6. The number of anilines is 1. The summed E-state index contributed by atoms with van der Waals surface area (Å²) in [5.74, 6) is 0.471. The third kappa shape index (κ3) is 2.95. The van der Waals surface area contributed by atoms with Crippen LogP contribution in [0.3, 0.4) is 0 Å². The number of pyridine rings is 1. The minimum atomic E-state index is 0.0304. The molecule has 120 valence electrons. The normalized spacial score (nSPS) is 12.3. The molecule has 3 rings (SSSR count). The van der Waals surface area contributed by atoms with Gasteiger partial charge in [0.1, 0.15) is 0 Å². The quantitative estimate of drug-likeness (QED) is 0.745. The van der Waals surface area contributed by atoms with E-state index >= 15 is 0 Å². The highest BCUT2D eigenvalue weighted by Crippen LogP contribution is 2.40. The average Bonchev–Trinajstić information content (AvgIpc) is 2.98. The molecule has 1 aromatic carbocycles. The summed E-state index contributed by atoms with van der Waals surface area (Å²) < 4.78 is 11.2. The number of nitrogens with one attached hydrogen (secondary N) is 1. The van der Waals surface area contributed by atoms with Crippen LogP contribution in [0.4, 0.5) is 6.01 Å². The number of benzene rings is 1. The van der Waals surface area contributed by atoms with Gasteiger partial charge in [-0.1, -0.05) is 17.7 Å². The highest BCUT2D eigenvalue weighted by Gasteiger charge is 2.20. The highest BCUT2D eigenvalue weighted by molar-refractivity contribution is 6.33. The van der Waals surface area contributed by atoms with E-state index in [0.29, 0.717) is 34.4 Å². The maximum Gasteiger partial charge on any atom is 0.296 e. The lowest BCUT2D eigenvalue weighted by Crippen LogP contribution is -2.25. The smallest absolute Gasteiger partial charge is 0.296 e. The monoisotopic (exact) mass is 332 g/mol. The van der Waals surface area contributed by atoms with Crippen LogP contribution >= 0.6 is 11.6 Å². The van der Waals surface area contributed by atoms with Gasteiger partial charge in [-0.3, -0.25) is 4.98 Å². The molecule has 7 heteroatoms. The van der Waals surface area contributed by atoms with Crippen LogP contribution in [0.2, 0.25) is 5.02 Å². The number of nitrogens with zero attached hydrogens (tertiary/aromatic N) is 2. The van der Waals surface area contributed by atoms with Crippen molar-refractivity contribution in [3.8, 4) is 17.0 Å². The summed E-state index contributed by atoms with van der Waals surface area (Å²) in [6.45, 7) is 2.41. The second-order valence-electron chi connectivity index (χ2n) is 5.13. The fourth-order valence-electron chi connectivity index (χ4n) is 2.27. The van der Waals surface area contributed by atoms with Crippen molar-refractivity contribution in [1.29, 1.82) is 0 Å². The van der Waals surface area contributed by atoms with E-state index in [0.717, 1.165) is 11.3 Å². The summed E-state index contributed by atoms with van der Waals surface area (Å²) >= 11 is 6.33. The van der Waals surface area contributed by atoms with E-state index in [1.54, 1.807) is 19.4 Å². The largest absolute Gasteiger partial charge is 0.493 e. The molecule has 2 aromatic heterocycles. The Labute approximate surface area is 138 Å². The number of nitrogens with two attached hydrogens (primary N) is 1. The topological polar surface area (TPSA) is 86.2 Å². The zero-order chi connectivity index (χ0) is 16.4. The second kappa shape index (κ2) is 6.44. The first-order valence-electron chi connectivity index (χ1n) is 7.19. The van der Waals surface area contributed by atoms with Crippen LogP contribution < -0.4 is 15.8 Å². The van der Waals surface area contributed by atoms with Gasteiger partial charge in [-0.25, -0.2) is 0 Å². The SMILES string of the molecule is COc1c(Cl)cc(-c2ccccn2)c2oc(N[C@@H](C)CN)nc12. The van der Waals surface area contributed by atoms with E-state index in [2.05, 4.69) is 15.3 Å². The van der Waals surface area contributed by atoms with Gasteiger partial charge in [0.2, 0.25) is 0 Å². The Kier molecular flexibility index (Phi) is 4.36. The number of hydrogen-bond acceptors (Lipinski definition) is 6. The lowest BCUT2D eigenvalue weighted by atomic mass is 10.1. The van der Waals surface area contributed by atoms with Gasteiger partial charge in [0.25, 0.3) is 6.01 Å². The molecule has 0 amide bonds. The molecular weight excluding hydrogens is 316 g/mol. The van der Waals surface area contributed by atoms with Gasteiger partial charge in [-0.2, -0.15) is 4.98 Å². The minimum Gasteiger partial charge on any atom is -0.493 e. The molecule has 6 nitrogen and oxygen atoms in total. The van der Waals surface area contributed by atoms with Gasteiger partial charge in [0, 0.05) is 24.3 Å². The van der Waals surface area contributed by atoms with Crippen LogP contribution in [0.25, 0.3) is 22.4 Å². The second-order valence-corrected chi connectivity index (χ2v) is 5.54. The van der Waals surface area contributed by atoms with E-state index in [1.165, 1.54) is 0 Å². The molecule has 3 aromatic rings. The summed E-state index contributed by atoms with van der Waals surface area (Å²) in [5.41, 5.74) is 8.25. The Morgan fingerprint density at radius 2 is 2.26 bits per heavy atom. The van der Waals surface area contributed by atoms with E-state index in [-0.39, 0.29) is 6.04 Å². The first-order valence-corrected chi connectivity index (χ1v) is 7.57. The van der Waals surface area contributed by atoms with E-state index in [4.69, 9.17) is 26.5 Å². The van der Waals surface area contributed by atoms with Crippen molar-refractivity contribution in [2.45, 2.75) is 13.0 Å². The van der Waals surface area contributed by atoms with Crippen LogP contribution in [0.1, 0.15) is 6.92 Å². The van der Waals surface area contributed by atoms with Crippen molar-refractivity contribution in [1.82, 2.24) is 9.97 Å². The van der Waals surface area contributed by atoms with Gasteiger partial charge in [-0.15, -0.1) is 0 Å². The Hall–Kier alpha value is -2.31. The molecule has 0 radical (unpaired) electrons. The Morgan fingerprint density at radius 3 is 2.91 bits per heavy atom. The molecule has 0 saturated carbocycles. The molecule has 0 unspecified atom stereocenters. The Bertz CT molecular complexity index is 820. The van der Waals surface area contributed by atoms with E-state index < -0.39 is 0 Å². The van der Waals surface area contributed by atoms with Gasteiger partial charge < -0.3 is 20.2 Å². The predicted molar refractivity (Wildman–Crippen MR) is 90.9 cm³/mol. The Morgan fingerprint density at radius 1 is 1.43 bits per heavy atom. The van der Waals surface area contributed by atoms with Crippen molar-refractivity contribution in [3.63, 3.8) is 0 Å². The summed E-state index contributed by atoms with van der Waals surface area (Å²) in [5, 5.41) is 3.56. The third-order valence-corrected chi connectivity index (χ3v) is 3.72. The minimum absolute atomic E-state index is 0.0304. The average molecular weight is 333 g/mol. The molecule has 1 atom stereocenters. The Balaban J connectivity index is 2.21. The number of methoxy groups -OCH3 is 1. The molecule has 0 aliphatic carbocycles. The summed E-state index contributed by atoms with van der Waals surface area (Å²) in [4.78, 5) is 8.80. The van der Waals surface area contributed by atoms with Gasteiger partial charge in [0.05, 0.1) is 17.8 Å². The number of rotatable bonds is 5. The van der Waals surface area contributed by atoms with Crippen molar-refractivity contribution in [3.05, 3.63) is 35.5 Å². The zero-order valence-electron chi connectivity index (χ0n) is 12.8. The number of ether oxygens (including phenoxy) is 1. The van der Waals surface area contributed by atoms with Gasteiger partial charge in [-0.05, 0) is 25.1 Å². The van der Waals surface area contributed by atoms with Crippen LogP contribution in [0.5, 0.6) is 5.75 Å². The molecule has 2 heterocycles. The predicted octanol–water partition coefficient (Wildman–Crippen LogP) is 3.31. The number of oxazole rings is 1. The van der Waals surface area contributed by atoms with Crippen molar-refractivity contribution < 1.29 is 9.15 Å². The molecule has 0 bridgehead atoms. The van der Waals surface area contributed by atoms with E-state index in [9.17, 15) is 0 Å². The fraction of sp³-hybridized carbons (Fsp3) is 0.250. The number of aromatic nitrogens is 2. The highest BCUT2D eigenvalue weighted by atomic mass is 35.5. The molecule has 0 aliphatic rings. The molecule has 0 spiro atoms. The lowest BCUT2D eigenvalue weighted by molar-refractivity contribution is 0.419. The van der Waals surface area contributed by atoms with Crippen LogP contribution in [0, 0.1) is 0 Å². The van der Waals surface area contributed by atoms with Crippen molar-refractivity contribution in [2.75, 3.05) is 19.0 Å². The van der Waals surface area contributed by atoms with Crippen LogP contribution in [0.15, 0.2) is 34.9 Å². The molecule has 0 fully saturated rings. The van der Waals surface area contributed by atoms with Crippen LogP contribution in [-0.2, 0) is 0 Å². The molecule has 0 aliphatic heterocycles. The summed E-state index contributed by atoms with van der Waals surface area (Å²) in [6, 6.07) is 7.81. The lowest BCUT2D eigenvalue weighted by Gasteiger charge is -2.07.